The molecule has 0 aliphatic carbocycles. The zero-order chi connectivity index (χ0) is 13.7. The first-order valence-corrected chi connectivity index (χ1v) is 7.65. The molecule has 0 aromatic heterocycles. The largest absolute Gasteiger partial charge is 0.325 e. The molecule has 0 atom stereocenters. The van der Waals surface area contributed by atoms with E-state index in [4.69, 9.17) is 11.6 Å². The molecule has 104 valence electrons. The van der Waals surface area contributed by atoms with Gasteiger partial charge < -0.3 is 10.6 Å². The molecule has 0 saturated carbocycles. The van der Waals surface area contributed by atoms with Crippen molar-refractivity contribution in [3.05, 3.63) is 29.0 Å². The van der Waals surface area contributed by atoms with Gasteiger partial charge in [-0.05, 0) is 44.1 Å². The predicted molar refractivity (Wildman–Crippen MR) is 78.4 cm³/mol. The van der Waals surface area contributed by atoms with Gasteiger partial charge in [0.25, 0.3) is 0 Å². The van der Waals surface area contributed by atoms with Crippen LogP contribution in [0.25, 0.3) is 0 Å². The minimum Gasteiger partial charge on any atom is -0.325 e. The van der Waals surface area contributed by atoms with Crippen LogP contribution in [0.1, 0.15) is 12.8 Å². The molecule has 0 bridgehead atoms. The zero-order valence-electron chi connectivity index (χ0n) is 10.4. The van der Waals surface area contributed by atoms with Crippen molar-refractivity contribution in [1.82, 2.24) is 5.32 Å². The molecule has 1 saturated heterocycles. The normalized spacial score (nSPS) is 16.3. The van der Waals surface area contributed by atoms with E-state index in [1.54, 1.807) is 11.8 Å². The number of halogens is 2. The van der Waals surface area contributed by atoms with Gasteiger partial charge in [-0.1, -0.05) is 11.6 Å². The van der Waals surface area contributed by atoms with Crippen LogP contribution in [-0.2, 0) is 4.79 Å². The molecule has 1 aliphatic rings. The summed E-state index contributed by atoms with van der Waals surface area (Å²) in [6.45, 7) is 2.04. The number of benzene rings is 1. The second kappa shape index (κ2) is 7.12. The van der Waals surface area contributed by atoms with Gasteiger partial charge in [-0.3, -0.25) is 4.79 Å². The number of piperidine rings is 1. The fraction of sp³-hybridized carbons (Fsp3) is 0.462. The molecule has 1 fully saturated rings. The Morgan fingerprint density at radius 3 is 2.89 bits per heavy atom. The van der Waals surface area contributed by atoms with E-state index < -0.39 is 5.82 Å². The van der Waals surface area contributed by atoms with Crippen molar-refractivity contribution in [2.24, 2.45) is 0 Å². The second-order valence-electron chi connectivity index (χ2n) is 4.44. The molecule has 0 unspecified atom stereocenters. The molecular formula is C13H16ClFN2OS. The maximum absolute atomic E-state index is 13.0. The number of thioether (sulfide) groups is 1. The number of hydrogen-bond acceptors (Lipinski definition) is 3. The van der Waals surface area contributed by atoms with Gasteiger partial charge in [0.15, 0.2) is 0 Å². The quantitative estimate of drug-likeness (QED) is 0.898. The fourth-order valence-electron chi connectivity index (χ4n) is 1.93. The van der Waals surface area contributed by atoms with Gasteiger partial charge in [-0.25, -0.2) is 4.39 Å². The van der Waals surface area contributed by atoms with Crippen molar-refractivity contribution < 1.29 is 9.18 Å². The highest BCUT2D eigenvalue weighted by molar-refractivity contribution is 8.00. The van der Waals surface area contributed by atoms with Gasteiger partial charge in [-0.15, -0.1) is 11.8 Å². The number of rotatable bonds is 4. The Morgan fingerprint density at radius 2 is 2.21 bits per heavy atom. The summed E-state index contributed by atoms with van der Waals surface area (Å²) in [6, 6.07) is 4.18. The van der Waals surface area contributed by atoms with Crippen molar-refractivity contribution in [3.63, 3.8) is 0 Å². The number of carbonyl (C=O) groups excluding carboxylic acids is 1. The third-order valence-electron chi connectivity index (χ3n) is 2.94. The SMILES string of the molecule is O=C(CSC1CCNCC1)Nc1ccc(F)c(Cl)c1. The summed E-state index contributed by atoms with van der Waals surface area (Å²) < 4.78 is 13.0. The van der Waals surface area contributed by atoms with E-state index in [0.717, 1.165) is 25.9 Å². The Kier molecular flexibility index (Phi) is 5.48. The Hall–Kier alpha value is -0.780. The first kappa shape index (κ1) is 14.6. The molecule has 3 nitrogen and oxygen atoms in total. The van der Waals surface area contributed by atoms with Crippen LogP contribution in [0, 0.1) is 5.82 Å². The maximum Gasteiger partial charge on any atom is 0.234 e. The van der Waals surface area contributed by atoms with Gasteiger partial charge in [0.1, 0.15) is 5.82 Å². The fourth-order valence-corrected chi connectivity index (χ4v) is 3.14. The standard InChI is InChI=1S/C13H16ClFN2OS/c14-11-7-9(1-2-12(11)15)17-13(18)8-19-10-3-5-16-6-4-10/h1-2,7,10,16H,3-6,8H2,(H,17,18). The van der Waals surface area contributed by atoms with Crippen LogP contribution in [-0.4, -0.2) is 30.0 Å². The molecule has 2 N–H and O–H groups in total. The van der Waals surface area contributed by atoms with E-state index in [0.29, 0.717) is 16.7 Å². The van der Waals surface area contributed by atoms with Crippen molar-refractivity contribution >= 4 is 35.0 Å². The highest BCUT2D eigenvalue weighted by Crippen LogP contribution is 2.22. The number of amides is 1. The summed E-state index contributed by atoms with van der Waals surface area (Å²) in [5, 5.41) is 6.58. The number of anilines is 1. The summed E-state index contributed by atoms with van der Waals surface area (Å²) >= 11 is 7.33. The first-order chi connectivity index (χ1) is 9.15. The van der Waals surface area contributed by atoms with E-state index in [9.17, 15) is 9.18 Å². The van der Waals surface area contributed by atoms with Crippen LogP contribution in [0.15, 0.2) is 18.2 Å². The van der Waals surface area contributed by atoms with E-state index in [-0.39, 0.29) is 10.9 Å². The molecule has 1 aromatic rings. The third kappa shape index (κ3) is 4.67. The second-order valence-corrected chi connectivity index (χ2v) is 6.13. The Balaban J connectivity index is 1.78. The first-order valence-electron chi connectivity index (χ1n) is 6.22. The predicted octanol–water partition coefficient (Wildman–Crippen LogP) is 2.90. The minimum absolute atomic E-state index is 0.0174. The molecule has 0 spiro atoms. The molecule has 1 aromatic carbocycles. The topological polar surface area (TPSA) is 41.1 Å². The highest BCUT2D eigenvalue weighted by atomic mass is 35.5. The van der Waals surface area contributed by atoms with E-state index in [1.165, 1.54) is 18.2 Å². The molecular weight excluding hydrogens is 287 g/mol. The molecule has 0 radical (unpaired) electrons. The van der Waals surface area contributed by atoms with E-state index in [1.807, 2.05) is 0 Å². The smallest absolute Gasteiger partial charge is 0.234 e. The molecule has 2 rings (SSSR count). The van der Waals surface area contributed by atoms with E-state index in [2.05, 4.69) is 10.6 Å². The van der Waals surface area contributed by atoms with Gasteiger partial charge >= 0.3 is 0 Å². The summed E-state index contributed by atoms with van der Waals surface area (Å²) in [7, 11) is 0. The Bertz CT molecular complexity index is 452. The van der Waals surface area contributed by atoms with Gasteiger partial charge in [0.2, 0.25) is 5.91 Å². The van der Waals surface area contributed by atoms with Crippen LogP contribution in [0.2, 0.25) is 5.02 Å². The van der Waals surface area contributed by atoms with Gasteiger partial charge in [-0.2, -0.15) is 0 Å². The van der Waals surface area contributed by atoms with Crippen LogP contribution < -0.4 is 10.6 Å². The third-order valence-corrected chi connectivity index (χ3v) is 4.60. The molecule has 6 heteroatoms. The average Bonchev–Trinajstić information content (AvgIpc) is 2.42. The number of hydrogen-bond donors (Lipinski definition) is 2. The van der Waals surface area contributed by atoms with E-state index >= 15 is 0 Å². The zero-order valence-corrected chi connectivity index (χ0v) is 12.0. The lowest BCUT2D eigenvalue weighted by Gasteiger charge is -2.21. The maximum atomic E-state index is 13.0. The van der Waals surface area contributed by atoms with Gasteiger partial charge in [0.05, 0.1) is 10.8 Å². The molecule has 19 heavy (non-hydrogen) atoms. The lowest BCUT2D eigenvalue weighted by molar-refractivity contribution is -0.113. The van der Waals surface area contributed by atoms with Gasteiger partial charge in [0, 0.05) is 10.9 Å². The van der Waals surface area contributed by atoms with Crippen LogP contribution in [0.3, 0.4) is 0 Å². The number of nitrogens with one attached hydrogen (secondary N) is 2. The molecule has 1 aliphatic heterocycles. The molecule has 1 amide bonds. The lowest BCUT2D eigenvalue weighted by atomic mass is 10.2. The van der Waals surface area contributed by atoms with Crippen LogP contribution >= 0.6 is 23.4 Å². The van der Waals surface area contributed by atoms with Crippen LogP contribution in [0.5, 0.6) is 0 Å². The number of carbonyl (C=O) groups is 1. The van der Waals surface area contributed by atoms with Crippen molar-refractivity contribution in [1.29, 1.82) is 0 Å². The summed E-state index contributed by atoms with van der Waals surface area (Å²) in [5.74, 6) is -0.144. The minimum atomic E-state index is -0.483. The van der Waals surface area contributed by atoms with Crippen LogP contribution in [0.4, 0.5) is 10.1 Å². The summed E-state index contributed by atoms with van der Waals surface area (Å²) in [5.41, 5.74) is 0.530. The average molecular weight is 303 g/mol. The molecule has 1 heterocycles. The Labute approximate surface area is 121 Å². The van der Waals surface area contributed by atoms with Crippen molar-refractivity contribution in [3.8, 4) is 0 Å². The lowest BCUT2D eigenvalue weighted by Crippen LogP contribution is -2.30. The summed E-state index contributed by atoms with van der Waals surface area (Å²) in [4.78, 5) is 11.8. The summed E-state index contributed by atoms with van der Waals surface area (Å²) in [6.07, 6.45) is 2.20. The Morgan fingerprint density at radius 1 is 1.47 bits per heavy atom. The van der Waals surface area contributed by atoms with Crippen molar-refractivity contribution in [2.45, 2.75) is 18.1 Å². The monoisotopic (exact) mass is 302 g/mol. The van der Waals surface area contributed by atoms with Crippen molar-refractivity contribution in [2.75, 3.05) is 24.2 Å². The highest BCUT2D eigenvalue weighted by Gasteiger charge is 2.15.